The molecule has 28 heavy (non-hydrogen) atoms. The van der Waals surface area contributed by atoms with Crippen LogP contribution in [0.5, 0.6) is 11.5 Å². The van der Waals surface area contributed by atoms with E-state index in [9.17, 15) is 9.18 Å². The van der Waals surface area contributed by atoms with Gasteiger partial charge in [0.25, 0.3) is 5.91 Å². The SMILES string of the molecule is CC(Oc1ccc(F)cc1Br)C(=O)Nc1ncccc1OCc1ccncc1. The van der Waals surface area contributed by atoms with E-state index >= 15 is 0 Å². The van der Waals surface area contributed by atoms with Crippen molar-refractivity contribution in [2.24, 2.45) is 0 Å². The van der Waals surface area contributed by atoms with E-state index in [2.05, 4.69) is 31.2 Å². The Morgan fingerprint density at radius 2 is 1.96 bits per heavy atom. The standard InChI is InChI=1S/C20H17BrFN3O3/c1-13(28-17-5-4-15(22)11-16(17)21)20(26)25-19-18(3-2-8-24-19)27-12-14-6-9-23-10-7-14/h2-11,13H,12H2,1H3,(H,24,25,26). The number of pyridine rings is 2. The first kappa shape index (κ1) is 19.8. The number of anilines is 1. The lowest BCUT2D eigenvalue weighted by atomic mass is 10.3. The van der Waals surface area contributed by atoms with Crippen molar-refractivity contribution in [3.63, 3.8) is 0 Å². The zero-order valence-corrected chi connectivity index (χ0v) is 16.5. The van der Waals surface area contributed by atoms with E-state index in [1.54, 1.807) is 37.6 Å². The van der Waals surface area contributed by atoms with Gasteiger partial charge in [-0.05, 0) is 70.9 Å². The van der Waals surface area contributed by atoms with E-state index in [1.165, 1.54) is 18.2 Å². The highest BCUT2D eigenvalue weighted by Crippen LogP contribution is 2.27. The van der Waals surface area contributed by atoms with Crippen LogP contribution in [0.1, 0.15) is 12.5 Å². The summed E-state index contributed by atoms with van der Waals surface area (Å²) in [5, 5.41) is 2.70. The molecular weight excluding hydrogens is 429 g/mol. The topological polar surface area (TPSA) is 73.3 Å². The summed E-state index contributed by atoms with van der Waals surface area (Å²) in [7, 11) is 0. The summed E-state index contributed by atoms with van der Waals surface area (Å²) in [6, 6.07) is 11.1. The second-order valence-electron chi connectivity index (χ2n) is 5.82. The van der Waals surface area contributed by atoms with Crippen molar-refractivity contribution in [1.82, 2.24) is 9.97 Å². The summed E-state index contributed by atoms with van der Waals surface area (Å²) in [4.78, 5) is 20.6. The predicted molar refractivity (Wildman–Crippen MR) is 106 cm³/mol. The molecule has 3 aromatic rings. The quantitative estimate of drug-likeness (QED) is 0.584. The Bertz CT molecular complexity index is 956. The Morgan fingerprint density at radius 3 is 2.71 bits per heavy atom. The van der Waals surface area contributed by atoms with E-state index in [1.807, 2.05) is 12.1 Å². The average Bonchev–Trinajstić information content (AvgIpc) is 2.70. The van der Waals surface area contributed by atoms with Crippen LogP contribution in [0, 0.1) is 5.82 Å². The smallest absolute Gasteiger partial charge is 0.266 e. The van der Waals surface area contributed by atoms with Gasteiger partial charge in [-0.25, -0.2) is 9.37 Å². The minimum Gasteiger partial charge on any atom is -0.485 e. The summed E-state index contributed by atoms with van der Waals surface area (Å²) in [6.45, 7) is 1.90. The predicted octanol–water partition coefficient (Wildman–Crippen LogP) is 4.36. The molecule has 2 heterocycles. The molecule has 0 aliphatic heterocycles. The molecule has 1 amide bonds. The lowest BCUT2D eigenvalue weighted by molar-refractivity contribution is -0.122. The van der Waals surface area contributed by atoms with Crippen molar-refractivity contribution >= 4 is 27.7 Å². The maximum absolute atomic E-state index is 13.2. The highest BCUT2D eigenvalue weighted by atomic mass is 79.9. The third-order valence-electron chi connectivity index (χ3n) is 3.72. The normalized spacial score (nSPS) is 11.5. The minimum atomic E-state index is -0.836. The summed E-state index contributed by atoms with van der Waals surface area (Å²) < 4.78 is 25.0. The first-order valence-corrected chi connectivity index (χ1v) is 9.21. The molecule has 1 unspecified atom stereocenters. The van der Waals surface area contributed by atoms with Crippen molar-refractivity contribution in [3.8, 4) is 11.5 Å². The molecule has 2 aromatic heterocycles. The lowest BCUT2D eigenvalue weighted by Gasteiger charge is -2.17. The van der Waals surface area contributed by atoms with E-state index in [4.69, 9.17) is 9.47 Å². The van der Waals surface area contributed by atoms with Gasteiger partial charge in [0.05, 0.1) is 4.47 Å². The first-order valence-electron chi connectivity index (χ1n) is 8.42. The van der Waals surface area contributed by atoms with Gasteiger partial charge in [0, 0.05) is 18.6 Å². The first-order chi connectivity index (χ1) is 13.5. The number of hydrogen-bond donors (Lipinski definition) is 1. The number of halogens is 2. The van der Waals surface area contributed by atoms with Gasteiger partial charge < -0.3 is 14.8 Å². The Balaban J connectivity index is 1.64. The fourth-order valence-electron chi connectivity index (χ4n) is 2.27. The molecule has 8 heteroatoms. The zero-order chi connectivity index (χ0) is 19.9. The van der Waals surface area contributed by atoms with Crippen LogP contribution in [0.4, 0.5) is 10.2 Å². The van der Waals surface area contributed by atoms with Gasteiger partial charge in [0.1, 0.15) is 18.2 Å². The molecule has 144 valence electrons. The summed E-state index contributed by atoms with van der Waals surface area (Å²) in [6.07, 6.45) is 4.07. The third-order valence-corrected chi connectivity index (χ3v) is 4.34. The average molecular weight is 446 g/mol. The second kappa shape index (κ2) is 9.27. The number of carbonyl (C=O) groups excluding carboxylic acids is 1. The van der Waals surface area contributed by atoms with Crippen LogP contribution in [0.3, 0.4) is 0 Å². The van der Waals surface area contributed by atoms with Crippen LogP contribution >= 0.6 is 15.9 Å². The molecule has 0 aliphatic rings. The fraction of sp³-hybridized carbons (Fsp3) is 0.150. The number of aromatic nitrogens is 2. The molecule has 0 saturated carbocycles. The van der Waals surface area contributed by atoms with Gasteiger partial charge in [-0.3, -0.25) is 9.78 Å². The molecule has 0 bridgehead atoms. The van der Waals surface area contributed by atoms with Gasteiger partial charge in [-0.15, -0.1) is 0 Å². The number of ether oxygens (including phenoxy) is 2. The van der Waals surface area contributed by atoms with Crippen molar-refractivity contribution in [2.45, 2.75) is 19.6 Å². The van der Waals surface area contributed by atoms with Gasteiger partial charge in [0.2, 0.25) is 0 Å². The number of benzene rings is 1. The fourth-order valence-corrected chi connectivity index (χ4v) is 2.72. The van der Waals surface area contributed by atoms with E-state index in [0.29, 0.717) is 22.6 Å². The molecule has 0 radical (unpaired) electrons. The summed E-state index contributed by atoms with van der Waals surface area (Å²) in [5.74, 6) is 0.265. The van der Waals surface area contributed by atoms with Crippen molar-refractivity contribution in [2.75, 3.05) is 5.32 Å². The number of amides is 1. The molecule has 0 spiro atoms. The molecule has 0 fully saturated rings. The molecule has 1 aromatic carbocycles. The maximum Gasteiger partial charge on any atom is 0.266 e. The number of rotatable bonds is 7. The van der Waals surface area contributed by atoms with E-state index in [-0.39, 0.29) is 5.82 Å². The van der Waals surface area contributed by atoms with Gasteiger partial charge >= 0.3 is 0 Å². The van der Waals surface area contributed by atoms with Crippen molar-refractivity contribution in [1.29, 1.82) is 0 Å². The van der Waals surface area contributed by atoms with Gasteiger partial charge in [-0.2, -0.15) is 0 Å². The van der Waals surface area contributed by atoms with Crippen molar-refractivity contribution < 1.29 is 18.7 Å². The summed E-state index contributed by atoms with van der Waals surface area (Å²) >= 11 is 3.21. The molecular formula is C20H17BrFN3O3. The Labute approximate surface area is 169 Å². The van der Waals surface area contributed by atoms with Crippen LogP contribution in [0.2, 0.25) is 0 Å². The number of nitrogens with one attached hydrogen (secondary N) is 1. The Hall–Kier alpha value is -3.00. The highest BCUT2D eigenvalue weighted by molar-refractivity contribution is 9.10. The molecule has 1 N–H and O–H groups in total. The van der Waals surface area contributed by atoms with E-state index < -0.39 is 17.8 Å². The van der Waals surface area contributed by atoms with Crippen LogP contribution in [-0.4, -0.2) is 22.0 Å². The van der Waals surface area contributed by atoms with Crippen molar-refractivity contribution in [3.05, 3.63) is 76.9 Å². The monoisotopic (exact) mass is 445 g/mol. The second-order valence-corrected chi connectivity index (χ2v) is 6.67. The molecule has 0 aliphatic carbocycles. The van der Waals surface area contributed by atoms with Crippen LogP contribution in [-0.2, 0) is 11.4 Å². The molecule has 1 atom stereocenters. The van der Waals surface area contributed by atoms with Crippen LogP contribution in [0.15, 0.2) is 65.5 Å². The Morgan fingerprint density at radius 1 is 1.18 bits per heavy atom. The van der Waals surface area contributed by atoms with Crippen LogP contribution < -0.4 is 14.8 Å². The number of nitrogens with zero attached hydrogens (tertiary/aromatic N) is 2. The maximum atomic E-state index is 13.2. The Kier molecular flexibility index (Phi) is 6.54. The van der Waals surface area contributed by atoms with Gasteiger partial charge in [-0.1, -0.05) is 0 Å². The van der Waals surface area contributed by atoms with E-state index in [0.717, 1.165) is 5.56 Å². The third kappa shape index (κ3) is 5.26. The molecule has 0 saturated heterocycles. The minimum absolute atomic E-state index is 0.287. The van der Waals surface area contributed by atoms with Gasteiger partial charge in [0.15, 0.2) is 17.7 Å². The largest absolute Gasteiger partial charge is 0.485 e. The summed E-state index contributed by atoms with van der Waals surface area (Å²) in [5.41, 5.74) is 0.939. The van der Waals surface area contributed by atoms with Crippen LogP contribution in [0.25, 0.3) is 0 Å². The zero-order valence-electron chi connectivity index (χ0n) is 14.9. The molecule has 3 rings (SSSR count). The molecule has 6 nitrogen and oxygen atoms in total. The lowest BCUT2D eigenvalue weighted by Crippen LogP contribution is -2.30. The number of carbonyl (C=O) groups is 1. The number of hydrogen-bond acceptors (Lipinski definition) is 5. The highest BCUT2D eigenvalue weighted by Gasteiger charge is 2.18.